The van der Waals surface area contributed by atoms with Crippen LogP contribution in [0.4, 0.5) is 10.1 Å². The van der Waals surface area contributed by atoms with Crippen molar-refractivity contribution in [1.29, 1.82) is 0 Å². The van der Waals surface area contributed by atoms with Crippen molar-refractivity contribution in [3.63, 3.8) is 0 Å². The van der Waals surface area contributed by atoms with Crippen molar-refractivity contribution >= 4 is 31.5 Å². The lowest BCUT2D eigenvalue weighted by molar-refractivity contribution is -0.118. The van der Waals surface area contributed by atoms with Crippen molar-refractivity contribution in [3.05, 3.63) is 54.3 Å². The van der Waals surface area contributed by atoms with Gasteiger partial charge >= 0.3 is 0 Å². The molecule has 1 atom stereocenters. The zero-order valence-electron chi connectivity index (χ0n) is 15.5. The van der Waals surface area contributed by atoms with E-state index in [-0.39, 0.29) is 10.6 Å². The van der Waals surface area contributed by atoms with Gasteiger partial charge in [0.1, 0.15) is 16.8 Å². The number of hydrogen-bond donors (Lipinski definition) is 2. The van der Waals surface area contributed by atoms with Crippen LogP contribution >= 0.6 is 0 Å². The van der Waals surface area contributed by atoms with E-state index in [0.29, 0.717) is 0 Å². The van der Waals surface area contributed by atoms with E-state index in [1.54, 1.807) is 13.8 Å². The number of anilines is 1. The fourth-order valence-corrected chi connectivity index (χ4v) is 4.50. The minimum atomic E-state index is -4.29. The number of hydrogen-bond acceptors (Lipinski definition) is 5. The molecule has 10 heteroatoms. The Morgan fingerprint density at radius 3 is 2.21 bits per heavy atom. The highest BCUT2D eigenvalue weighted by Gasteiger charge is 2.30. The van der Waals surface area contributed by atoms with E-state index in [0.717, 1.165) is 18.4 Å². The Labute approximate surface area is 163 Å². The molecule has 0 unspecified atom stereocenters. The molecule has 0 saturated carbocycles. The molecule has 2 N–H and O–H groups in total. The molecule has 1 amide bonds. The van der Waals surface area contributed by atoms with Crippen molar-refractivity contribution in [1.82, 2.24) is 4.72 Å². The molecule has 0 aromatic heterocycles. The van der Waals surface area contributed by atoms with E-state index in [1.807, 2.05) is 0 Å². The fourth-order valence-electron chi connectivity index (χ4n) is 2.41. The second-order valence-corrected chi connectivity index (χ2v) is 10.3. The zero-order valence-corrected chi connectivity index (χ0v) is 17.1. The highest BCUT2D eigenvalue weighted by molar-refractivity contribution is 7.90. The first kappa shape index (κ1) is 22.0. The Morgan fingerprint density at radius 1 is 1.00 bits per heavy atom. The average Bonchev–Trinajstić information content (AvgIpc) is 2.59. The van der Waals surface area contributed by atoms with Crippen molar-refractivity contribution in [2.24, 2.45) is 5.92 Å². The summed E-state index contributed by atoms with van der Waals surface area (Å²) in [6.07, 6.45) is 1.04. The minimum Gasteiger partial charge on any atom is -0.325 e. The van der Waals surface area contributed by atoms with E-state index >= 15 is 0 Å². The predicted molar refractivity (Wildman–Crippen MR) is 104 cm³/mol. The van der Waals surface area contributed by atoms with E-state index in [2.05, 4.69) is 10.0 Å². The first-order chi connectivity index (χ1) is 12.9. The summed E-state index contributed by atoms with van der Waals surface area (Å²) in [7, 11) is -7.76. The van der Waals surface area contributed by atoms with Gasteiger partial charge in [-0.2, -0.15) is 4.72 Å². The molecule has 0 aliphatic heterocycles. The van der Waals surface area contributed by atoms with Gasteiger partial charge in [0.25, 0.3) is 0 Å². The number of amides is 1. The van der Waals surface area contributed by atoms with Gasteiger partial charge in [0.05, 0.1) is 4.90 Å². The number of rotatable bonds is 7. The molecular formula is C18H21FN2O5S2. The Morgan fingerprint density at radius 2 is 1.64 bits per heavy atom. The Hall–Kier alpha value is -2.30. The summed E-state index contributed by atoms with van der Waals surface area (Å²) in [6.45, 7) is 3.25. The minimum absolute atomic E-state index is 0.0123. The number of benzene rings is 2. The van der Waals surface area contributed by atoms with E-state index in [4.69, 9.17) is 0 Å². The maximum Gasteiger partial charge on any atom is 0.244 e. The van der Waals surface area contributed by atoms with E-state index in [1.165, 1.54) is 36.4 Å². The Kier molecular flexibility index (Phi) is 6.58. The summed E-state index contributed by atoms with van der Waals surface area (Å²) in [5.74, 6) is -2.08. The number of carbonyl (C=O) groups is 1. The van der Waals surface area contributed by atoms with Gasteiger partial charge < -0.3 is 5.32 Å². The Balaban J connectivity index is 2.27. The monoisotopic (exact) mass is 428 g/mol. The number of carbonyl (C=O) groups excluding carboxylic acids is 1. The topological polar surface area (TPSA) is 109 Å². The molecule has 7 nitrogen and oxygen atoms in total. The van der Waals surface area contributed by atoms with Crippen molar-refractivity contribution < 1.29 is 26.0 Å². The molecule has 0 bridgehead atoms. The average molecular weight is 429 g/mol. The second-order valence-electron chi connectivity index (χ2n) is 6.56. The lowest BCUT2D eigenvalue weighted by Crippen LogP contribution is -2.47. The smallest absolute Gasteiger partial charge is 0.244 e. The molecule has 0 radical (unpaired) electrons. The maximum absolute atomic E-state index is 13.9. The Bertz CT molecular complexity index is 1080. The van der Waals surface area contributed by atoms with Crippen molar-refractivity contribution in [3.8, 4) is 0 Å². The molecule has 28 heavy (non-hydrogen) atoms. The SMILES string of the molecule is CC(C)[C@H](NS(=O)(=O)c1ccccc1F)C(=O)Nc1cccc(S(C)(=O)=O)c1. The van der Waals surface area contributed by atoms with Crippen molar-refractivity contribution in [2.75, 3.05) is 11.6 Å². The van der Waals surface area contributed by atoms with Crippen LogP contribution in [0.5, 0.6) is 0 Å². The van der Waals surface area contributed by atoms with Crippen LogP contribution in [0.25, 0.3) is 0 Å². The van der Waals surface area contributed by atoms with Gasteiger partial charge in [0.2, 0.25) is 15.9 Å². The van der Waals surface area contributed by atoms with Gasteiger partial charge in [-0.3, -0.25) is 4.79 Å². The third-order valence-corrected chi connectivity index (χ3v) is 6.47. The van der Waals surface area contributed by atoms with Gasteiger partial charge in [-0.1, -0.05) is 32.0 Å². The summed E-state index contributed by atoms with van der Waals surface area (Å²) in [4.78, 5) is 12.1. The van der Waals surface area contributed by atoms with Crippen LogP contribution < -0.4 is 10.0 Å². The molecule has 0 heterocycles. The van der Waals surface area contributed by atoms with Gasteiger partial charge in [0.15, 0.2) is 9.84 Å². The molecule has 2 rings (SSSR count). The summed E-state index contributed by atoms with van der Waals surface area (Å²) in [6, 6.07) is 9.23. The number of halogens is 1. The first-order valence-corrected chi connectivity index (χ1v) is 11.7. The number of sulfonamides is 1. The van der Waals surface area contributed by atoms with Crippen LogP contribution in [-0.4, -0.2) is 35.0 Å². The summed E-state index contributed by atoms with van der Waals surface area (Å²) in [5.41, 5.74) is 0.198. The van der Waals surface area contributed by atoms with E-state index in [9.17, 15) is 26.0 Å². The quantitative estimate of drug-likeness (QED) is 0.702. The zero-order chi connectivity index (χ0) is 21.1. The first-order valence-electron chi connectivity index (χ1n) is 8.29. The summed E-state index contributed by atoms with van der Waals surface area (Å²) >= 11 is 0. The molecule has 0 fully saturated rings. The molecule has 0 saturated heterocycles. The standard InChI is InChI=1S/C18H21FN2O5S2/c1-12(2)17(21-28(25,26)16-10-5-4-9-15(16)19)18(22)20-13-7-6-8-14(11-13)27(3,23)24/h4-12,17,21H,1-3H3,(H,20,22)/t17-/m0/s1. The van der Waals surface area contributed by atoms with Gasteiger partial charge in [-0.05, 0) is 36.2 Å². The molecular weight excluding hydrogens is 407 g/mol. The molecule has 2 aromatic carbocycles. The second kappa shape index (κ2) is 8.38. The van der Waals surface area contributed by atoms with Crippen LogP contribution in [0.1, 0.15) is 13.8 Å². The fraction of sp³-hybridized carbons (Fsp3) is 0.278. The third-order valence-electron chi connectivity index (χ3n) is 3.89. The molecule has 0 aliphatic carbocycles. The normalized spacial score (nSPS) is 13.3. The lowest BCUT2D eigenvalue weighted by Gasteiger charge is -2.22. The lowest BCUT2D eigenvalue weighted by atomic mass is 10.0. The van der Waals surface area contributed by atoms with Gasteiger partial charge in [-0.15, -0.1) is 0 Å². The summed E-state index contributed by atoms with van der Waals surface area (Å²) < 4.78 is 64.4. The number of nitrogens with one attached hydrogen (secondary N) is 2. The van der Waals surface area contributed by atoms with Gasteiger partial charge in [-0.25, -0.2) is 21.2 Å². The van der Waals surface area contributed by atoms with Crippen LogP contribution in [0.15, 0.2) is 58.3 Å². The van der Waals surface area contributed by atoms with Crippen LogP contribution in [0.2, 0.25) is 0 Å². The summed E-state index contributed by atoms with van der Waals surface area (Å²) in [5, 5.41) is 2.50. The number of sulfone groups is 1. The van der Waals surface area contributed by atoms with Crippen LogP contribution in [0, 0.1) is 11.7 Å². The molecule has 152 valence electrons. The maximum atomic E-state index is 13.9. The highest BCUT2D eigenvalue weighted by atomic mass is 32.2. The largest absolute Gasteiger partial charge is 0.325 e. The molecule has 0 spiro atoms. The van der Waals surface area contributed by atoms with Crippen molar-refractivity contribution in [2.45, 2.75) is 29.7 Å². The van der Waals surface area contributed by atoms with Crippen LogP contribution in [0.3, 0.4) is 0 Å². The highest BCUT2D eigenvalue weighted by Crippen LogP contribution is 2.18. The van der Waals surface area contributed by atoms with E-state index < -0.39 is 48.4 Å². The van der Waals surface area contributed by atoms with Crippen LogP contribution in [-0.2, 0) is 24.7 Å². The van der Waals surface area contributed by atoms with Gasteiger partial charge in [0, 0.05) is 11.9 Å². The molecule has 2 aromatic rings. The molecule has 0 aliphatic rings. The third kappa shape index (κ3) is 5.37. The predicted octanol–water partition coefficient (Wildman–Crippen LogP) is 2.17.